The molecule has 7 nitrogen and oxygen atoms in total. The number of aromatic nitrogens is 3. The fourth-order valence-corrected chi connectivity index (χ4v) is 3.60. The van der Waals surface area contributed by atoms with Gasteiger partial charge in [0, 0.05) is 29.4 Å². The van der Waals surface area contributed by atoms with Crippen LogP contribution in [0.15, 0.2) is 46.1 Å². The maximum atomic E-state index is 13.0. The van der Waals surface area contributed by atoms with E-state index in [1.807, 2.05) is 0 Å². The molecule has 0 aliphatic heterocycles. The van der Waals surface area contributed by atoms with Crippen molar-refractivity contribution in [1.82, 2.24) is 14.8 Å². The molecule has 0 fully saturated rings. The molecule has 11 heteroatoms. The fourth-order valence-electron chi connectivity index (χ4n) is 2.48. The van der Waals surface area contributed by atoms with Crippen LogP contribution in [-0.2, 0) is 0 Å². The van der Waals surface area contributed by atoms with Crippen molar-refractivity contribution in [2.24, 2.45) is 4.99 Å². The molecule has 3 rings (SSSR count). The third-order valence-electron chi connectivity index (χ3n) is 3.68. The number of anilines is 1. The highest BCUT2D eigenvalue weighted by Gasteiger charge is 2.21. The van der Waals surface area contributed by atoms with Crippen molar-refractivity contribution < 1.29 is 9.90 Å². The van der Waals surface area contributed by atoms with Crippen molar-refractivity contribution in [2.75, 3.05) is 11.9 Å². The van der Waals surface area contributed by atoms with Crippen molar-refractivity contribution in [1.29, 1.82) is 0 Å². The number of amides is 1. The largest absolute Gasteiger partial charge is 0.858 e. The van der Waals surface area contributed by atoms with Crippen LogP contribution in [0.3, 0.4) is 0 Å². The number of aliphatic imine (C=N–C) groups is 1. The normalized spacial score (nSPS) is 11.6. The minimum atomic E-state index is -0.584. The number of benzene rings is 1. The summed E-state index contributed by atoms with van der Waals surface area (Å²) in [6, 6.07) is 7.59. The van der Waals surface area contributed by atoms with E-state index < -0.39 is 11.8 Å². The zero-order chi connectivity index (χ0) is 21.1. The highest BCUT2D eigenvalue weighted by molar-refractivity contribution is 9.10. The number of carbonyl (C=O) groups excluding carboxylic acids is 1. The number of pyridine rings is 1. The summed E-state index contributed by atoms with van der Waals surface area (Å²) in [6.45, 7) is 1.99. The van der Waals surface area contributed by atoms with Gasteiger partial charge < -0.3 is 15.4 Å². The summed E-state index contributed by atoms with van der Waals surface area (Å²) in [7, 11) is 0. The number of halogens is 4. The molecule has 0 atom stereocenters. The first-order valence-electron chi connectivity index (χ1n) is 8.20. The topological polar surface area (TPSA) is 95.2 Å². The van der Waals surface area contributed by atoms with Gasteiger partial charge in [-0.25, -0.2) is 9.67 Å². The van der Waals surface area contributed by atoms with E-state index in [9.17, 15) is 9.90 Å². The van der Waals surface area contributed by atoms with E-state index >= 15 is 0 Å². The maximum absolute atomic E-state index is 13.0. The van der Waals surface area contributed by atoms with Crippen molar-refractivity contribution in [3.63, 3.8) is 0 Å². The zero-order valence-electron chi connectivity index (χ0n) is 14.8. The van der Waals surface area contributed by atoms with Gasteiger partial charge in [-0.1, -0.05) is 34.8 Å². The summed E-state index contributed by atoms with van der Waals surface area (Å²) in [6.07, 6.45) is 1.53. The van der Waals surface area contributed by atoms with Crippen LogP contribution in [0.1, 0.15) is 23.0 Å². The molecule has 2 heterocycles. The second-order valence-electron chi connectivity index (χ2n) is 5.62. The lowest BCUT2D eigenvalue weighted by molar-refractivity contribution is -0.213. The Balaban J connectivity index is 2.05. The Morgan fingerprint density at radius 2 is 2.03 bits per heavy atom. The second-order valence-corrected chi connectivity index (χ2v) is 7.68. The Kier molecular flexibility index (Phi) is 6.79. The Bertz CT molecular complexity index is 1120. The van der Waals surface area contributed by atoms with E-state index in [2.05, 4.69) is 36.3 Å². The minimum Gasteiger partial charge on any atom is -0.858 e. The van der Waals surface area contributed by atoms with E-state index in [0.717, 1.165) is 0 Å². The lowest BCUT2D eigenvalue weighted by atomic mass is 10.1. The van der Waals surface area contributed by atoms with Gasteiger partial charge in [-0.15, -0.1) is 0 Å². The van der Waals surface area contributed by atoms with Crippen molar-refractivity contribution in [2.45, 2.75) is 6.92 Å². The standard InChI is InChI=1S/C18H13BrCl3N5O2/c1-2-23-17(28)10-6-9(20)7-12(22)15(10)25-18(29)13-8-14(19)26-27(13)16-11(21)4-3-5-24-16/h3-8H,2H2,1H3,(H,23,28)(H,25,29)/p-1. The third kappa shape index (κ3) is 4.72. The summed E-state index contributed by atoms with van der Waals surface area (Å²) in [4.78, 5) is 21.0. The Labute approximate surface area is 189 Å². The predicted octanol–water partition coefficient (Wildman–Crippen LogP) is 4.37. The number of nitrogens with one attached hydrogen (secondary N) is 1. The first-order chi connectivity index (χ1) is 13.8. The fraction of sp³-hybridized carbons (Fsp3) is 0.111. The number of nitrogens with zero attached hydrogens (tertiary/aromatic N) is 4. The molecule has 0 spiro atoms. The van der Waals surface area contributed by atoms with Gasteiger partial charge in [0.05, 0.1) is 15.7 Å². The molecule has 2 aromatic heterocycles. The summed E-state index contributed by atoms with van der Waals surface area (Å²) in [5, 5.41) is 19.8. The van der Waals surface area contributed by atoms with Gasteiger partial charge in [-0.2, -0.15) is 5.10 Å². The first-order valence-corrected chi connectivity index (χ1v) is 10.1. The predicted molar refractivity (Wildman–Crippen MR) is 116 cm³/mol. The van der Waals surface area contributed by atoms with Crippen LogP contribution in [0.5, 0.6) is 0 Å². The molecule has 1 amide bonds. The highest BCUT2D eigenvalue weighted by atomic mass is 79.9. The van der Waals surface area contributed by atoms with Crippen molar-refractivity contribution >= 4 is 68.2 Å². The second kappa shape index (κ2) is 9.13. The number of rotatable bonds is 5. The minimum absolute atomic E-state index is 0.0821. The molecule has 0 saturated carbocycles. The Morgan fingerprint density at radius 1 is 1.28 bits per heavy atom. The third-order valence-corrected chi connectivity index (χ3v) is 4.88. The molecule has 3 aromatic rings. The lowest BCUT2D eigenvalue weighted by Crippen LogP contribution is -2.24. The van der Waals surface area contributed by atoms with Crippen LogP contribution in [-0.4, -0.2) is 33.1 Å². The van der Waals surface area contributed by atoms with Crippen LogP contribution in [0.25, 0.3) is 5.82 Å². The lowest BCUT2D eigenvalue weighted by Gasteiger charge is -2.18. The van der Waals surface area contributed by atoms with Crippen molar-refractivity contribution in [3.8, 4) is 5.82 Å². The zero-order valence-corrected chi connectivity index (χ0v) is 18.6. The van der Waals surface area contributed by atoms with Gasteiger partial charge in [0.2, 0.25) is 0 Å². The molecule has 1 aromatic carbocycles. The molecule has 1 N–H and O–H groups in total. The van der Waals surface area contributed by atoms with Crippen LogP contribution in [0.2, 0.25) is 15.1 Å². The number of hydrogen-bond donors (Lipinski definition) is 1. The van der Waals surface area contributed by atoms with Gasteiger partial charge in [-0.05, 0) is 53.0 Å². The van der Waals surface area contributed by atoms with E-state index in [1.54, 1.807) is 19.1 Å². The summed E-state index contributed by atoms with van der Waals surface area (Å²) >= 11 is 21.7. The van der Waals surface area contributed by atoms with Gasteiger partial charge in [-0.3, -0.25) is 4.79 Å². The Hall–Kier alpha value is -2.13. The SMILES string of the molecule is CCN=C([O-])c1cc(Cl)cc(Cl)c1NC(=O)c1cc(Br)nn1-c1ncccc1Cl. The molecule has 0 aliphatic rings. The molecule has 29 heavy (non-hydrogen) atoms. The molecular weight excluding hydrogens is 504 g/mol. The Morgan fingerprint density at radius 3 is 2.72 bits per heavy atom. The molecule has 0 unspecified atom stereocenters. The van der Waals surface area contributed by atoms with Gasteiger partial charge in [0.15, 0.2) is 5.82 Å². The van der Waals surface area contributed by atoms with Crippen LogP contribution < -0.4 is 10.4 Å². The van der Waals surface area contributed by atoms with E-state index in [1.165, 1.54) is 29.1 Å². The highest BCUT2D eigenvalue weighted by Crippen LogP contribution is 2.31. The maximum Gasteiger partial charge on any atom is 0.274 e. The molecular formula is C18H12BrCl3N5O2-. The summed E-state index contributed by atoms with van der Waals surface area (Å²) < 4.78 is 1.67. The quantitative estimate of drug-likeness (QED) is 0.403. The average molecular weight is 517 g/mol. The van der Waals surface area contributed by atoms with Crippen LogP contribution in [0, 0.1) is 0 Å². The smallest absolute Gasteiger partial charge is 0.274 e. The van der Waals surface area contributed by atoms with Crippen molar-refractivity contribution in [3.05, 3.63) is 67.5 Å². The number of hydrogen-bond acceptors (Lipinski definition) is 5. The molecule has 0 saturated heterocycles. The summed E-state index contributed by atoms with van der Waals surface area (Å²) in [5.41, 5.74) is 0.298. The first kappa shape index (κ1) is 21.6. The van der Waals surface area contributed by atoms with E-state index in [-0.39, 0.29) is 39.4 Å². The van der Waals surface area contributed by atoms with Gasteiger partial charge in [0.25, 0.3) is 5.91 Å². The molecule has 0 bridgehead atoms. The molecule has 0 aliphatic carbocycles. The molecule has 150 valence electrons. The van der Waals surface area contributed by atoms with E-state index in [0.29, 0.717) is 9.63 Å². The molecule has 0 radical (unpaired) electrons. The number of carbonyl (C=O) groups is 1. The monoisotopic (exact) mass is 514 g/mol. The van der Waals surface area contributed by atoms with Gasteiger partial charge in [0.1, 0.15) is 10.3 Å². The van der Waals surface area contributed by atoms with E-state index in [4.69, 9.17) is 34.8 Å². The van der Waals surface area contributed by atoms with Crippen LogP contribution >= 0.6 is 50.7 Å². The van der Waals surface area contributed by atoms with Gasteiger partial charge >= 0.3 is 0 Å². The summed E-state index contributed by atoms with van der Waals surface area (Å²) in [5.74, 6) is -0.862. The average Bonchev–Trinajstić information content (AvgIpc) is 3.05. The van der Waals surface area contributed by atoms with Crippen LogP contribution in [0.4, 0.5) is 5.69 Å².